The highest BCUT2D eigenvalue weighted by Crippen LogP contribution is 2.32. The van der Waals surface area contributed by atoms with Crippen LogP contribution in [0.15, 0.2) is 127 Å². The van der Waals surface area contributed by atoms with E-state index >= 15 is 0 Å². The van der Waals surface area contributed by atoms with Crippen LogP contribution in [0.5, 0.6) is 11.5 Å². The Bertz CT molecular complexity index is 2500. The molecule has 0 saturated carbocycles. The summed E-state index contributed by atoms with van der Waals surface area (Å²) >= 11 is 0. The zero-order valence-electron chi connectivity index (χ0n) is 28.8. The summed E-state index contributed by atoms with van der Waals surface area (Å²) in [4.78, 5) is 49.0. The number of carbonyl (C=O) groups is 2. The molecule has 0 bridgehead atoms. The zero-order chi connectivity index (χ0) is 36.9. The van der Waals surface area contributed by atoms with Crippen LogP contribution in [0.4, 0.5) is 17.1 Å². The predicted molar refractivity (Wildman–Crippen MR) is 206 cm³/mol. The molecule has 2 amide bonds. The number of aromatic nitrogens is 2. The van der Waals surface area contributed by atoms with Gasteiger partial charge in [0.2, 0.25) is 0 Å². The van der Waals surface area contributed by atoms with Crippen LogP contribution < -0.4 is 20.1 Å². The molecule has 0 aliphatic heterocycles. The summed E-state index contributed by atoms with van der Waals surface area (Å²) in [7, 11) is 0. The summed E-state index contributed by atoms with van der Waals surface area (Å²) in [5.41, 5.74) is 4.33. The fourth-order valence-corrected chi connectivity index (χ4v) is 6.06. The van der Waals surface area contributed by atoms with Crippen LogP contribution in [0.2, 0.25) is 0 Å². The number of nitro benzene ring substituents is 1. The van der Waals surface area contributed by atoms with Gasteiger partial charge in [-0.2, -0.15) is 0 Å². The maximum atomic E-state index is 14.0. The molecule has 2 heterocycles. The van der Waals surface area contributed by atoms with Crippen LogP contribution in [0, 0.1) is 10.1 Å². The Kier molecular flexibility index (Phi) is 9.71. The normalized spacial score (nSPS) is 10.9. The number of nitro groups is 1. The van der Waals surface area contributed by atoms with Crippen molar-refractivity contribution >= 4 is 50.7 Å². The summed E-state index contributed by atoms with van der Waals surface area (Å²) in [6.07, 6.45) is 0. The molecule has 2 aromatic heterocycles. The van der Waals surface area contributed by atoms with Gasteiger partial charge in [0.1, 0.15) is 17.2 Å². The molecule has 5 aromatic carbocycles. The molecule has 0 fully saturated rings. The van der Waals surface area contributed by atoms with E-state index in [9.17, 15) is 19.7 Å². The van der Waals surface area contributed by atoms with Gasteiger partial charge < -0.3 is 20.1 Å². The second-order valence-electron chi connectivity index (χ2n) is 12.0. The van der Waals surface area contributed by atoms with Crippen molar-refractivity contribution in [3.63, 3.8) is 0 Å². The maximum absolute atomic E-state index is 14.0. The van der Waals surface area contributed by atoms with Gasteiger partial charge >= 0.3 is 0 Å². The highest BCUT2D eigenvalue weighted by molar-refractivity contribution is 6.15. The number of anilines is 2. The number of nitrogens with one attached hydrogen (secondary N) is 2. The third-order valence-corrected chi connectivity index (χ3v) is 8.54. The summed E-state index contributed by atoms with van der Waals surface area (Å²) in [6, 6.07) is 36.7. The number of rotatable bonds is 11. The lowest BCUT2D eigenvalue weighted by Crippen LogP contribution is -2.16. The van der Waals surface area contributed by atoms with Crippen molar-refractivity contribution in [1.82, 2.24) is 9.97 Å². The zero-order valence-corrected chi connectivity index (χ0v) is 28.8. The third-order valence-electron chi connectivity index (χ3n) is 8.54. The number of fused-ring (bicyclic) bond motifs is 2. The number of hydrogen-bond acceptors (Lipinski definition) is 8. The quantitative estimate of drug-likeness (QED) is 0.100. The highest BCUT2D eigenvalue weighted by Gasteiger charge is 2.22. The number of ether oxygens (including phenoxy) is 2. The Morgan fingerprint density at radius 2 is 1.09 bits per heavy atom. The average Bonchev–Trinajstić information content (AvgIpc) is 3.18. The molecule has 0 unspecified atom stereocenters. The Morgan fingerprint density at radius 3 is 1.57 bits per heavy atom. The van der Waals surface area contributed by atoms with Crippen molar-refractivity contribution in [2.75, 3.05) is 23.8 Å². The molecule has 2 N–H and O–H groups in total. The number of hydrogen-bond donors (Lipinski definition) is 2. The molecular formula is C42H33N5O6. The Morgan fingerprint density at radius 1 is 0.623 bits per heavy atom. The summed E-state index contributed by atoms with van der Waals surface area (Å²) in [5.74, 6) is 0.394. The molecule has 53 heavy (non-hydrogen) atoms. The minimum atomic E-state index is -0.587. The van der Waals surface area contributed by atoms with Gasteiger partial charge in [-0.05, 0) is 98.8 Å². The fraction of sp³-hybridized carbons (Fsp3) is 0.0952. The lowest BCUT2D eigenvalue weighted by molar-refractivity contribution is -0.383. The van der Waals surface area contributed by atoms with Gasteiger partial charge in [0.25, 0.3) is 17.5 Å². The van der Waals surface area contributed by atoms with Gasteiger partial charge in [0.15, 0.2) is 0 Å². The van der Waals surface area contributed by atoms with Crippen LogP contribution in [-0.4, -0.2) is 39.9 Å². The topological polar surface area (TPSA) is 146 Å². The minimum Gasteiger partial charge on any atom is -0.494 e. The molecule has 11 heteroatoms. The standard InChI is InChI=1S/C42H33N5O6/c1-3-52-29-18-13-26(14-19-29)37-24-33(31-9-5-7-11-35(31)44-37)41(48)43-28-17-22-40(47(50)51)39(23-28)46-42(49)34-25-38(45-36-12-8-6-10-32(34)36)27-15-20-30(21-16-27)53-4-2/h5-25H,3-4H2,1-2H3,(H,43,48)(H,46,49). The highest BCUT2D eigenvalue weighted by atomic mass is 16.6. The SMILES string of the molecule is CCOc1ccc(-c2cc(C(=O)Nc3ccc([N+](=O)[O-])c(NC(=O)c4cc(-c5ccc(OCC)cc5)nc5ccccc45)c3)c3ccccc3n2)cc1. The second kappa shape index (κ2) is 15.0. The number of carbonyl (C=O) groups excluding carboxylic acids is 2. The molecule has 11 nitrogen and oxygen atoms in total. The molecule has 0 saturated heterocycles. The van der Waals surface area contributed by atoms with E-state index in [0.29, 0.717) is 57.7 Å². The maximum Gasteiger partial charge on any atom is 0.292 e. The van der Waals surface area contributed by atoms with Gasteiger partial charge in [0, 0.05) is 33.7 Å². The molecule has 262 valence electrons. The number of para-hydroxylation sites is 2. The number of pyridine rings is 2. The van der Waals surface area contributed by atoms with E-state index < -0.39 is 16.7 Å². The van der Waals surface area contributed by atoms with E-state index in [1.807, 2.05) is 86.6 Å². The summed E-state index contributed by atoms with van der Waals surface area (Å²) in [5, 5.41) is 18.9. The number of amides is 2. The van der Waals surface area contributed by atoms with Crippen LogP contribution >= 0.6 is 0 Å². The van der Waals surface area contributed by atoms with Gasteiger partial charge in [-0.3, -0.25) is 19.7 Å². The first kappa shape index (κ1) is 34.3. The summed E-state index contributed by atoms with van der Waals surface area (Å²) in [6.45, 7) is 4.88. The Balaban J connectivity index is 1.21. The molecule has 0 radical (unpaired) electrons. The van der Waals surface area contributed by atoms with Crippen molar-refractivity contribution in [3.8, 4) is 34.0 Å². The number of nitrogens with zero attached hydrogens (tertiary/aromatic N) is 3. The van der Waals surface area contributed by atoms with Crippen molar-refractivity contribution in [2.45, 2.75) is 13.8 Å². The van der Waals surface area contributed by atoms with Crippen LogP contribution in [0.25, 0.3) is 44.3 Å². The molecule has 7 aromatic rings. The van der Waals surface area contributed by atoms with E-state index in [2.05, 4.69) is 10.6 Å². The van der Waals surface area contributed by atoms with Gasteiger partial charge in [-0.25, -0.2) is 9.97 Å². The summed E-state index contributed by atoms with van der Waals surface area (Å²) < 4.78 is 11.1. The van der Waals surface area contributed by atoms with Crippen molar-refractivity contribution in [3.05, 3.63) is 149 Å². The molecule has 0 aliphatic carbocycles. The fourth-order valence-electron chi connectivity index (χ4n) is 6.06. The molecular weight excluding hydrogens is 670 g/mol. The van der Waals surface area contributed by atoms with Gasteiger partial charge in [-0.15, -0.1) is 0 Å². The van der Waals surface area contributed by atoms with Crippen molar-refractivity contribution < 1.29 is 24.0 Å². The Labute approximate surface area is 304 Å². The van der Waals surface area contributed by atoms with E-state index in [-0.39, 0.29) is 22.6 Å². The van der Waals surface area contributed by atoms with Gasteiger partial charge in [0.05, 0.1) is 51.7 Å². The third kappa shape index (κ3) is 7.35. The molecule has 0 atom stereocenters. The first-order valence-corrected chi connectivity index (χ1v) is 17.0. The van der Waals surface area contributed by atoms with Gasteiger partial charge in [-0.1, -0.05) is 36.4 Å². The Hall–Kier alpha value is -7.14. The molecule has 0 aliphatic rings. The lowest BCUT2D eigenvalue weighted by atomic mass is 10.0. The van der Waals surface area contributed by atoms with Crippen molar-refractivity contribution in [2.24, 2.45) is 0 Å². The minimum absolute atomic E-state index is 0.0871. The first-order valence-electron chi connectivity index (χ1n) is 17.0. The lowest BCUT2D eigenvalue weighted by Gasteiger charge is -2.13. The first-order chi connectivity index (χ1) is 25.8. The average molecular weight is 704 g/mol. The second-order valence-corrected chi connectivity index (χ2v) is 12.0. The monoisotopic (exact) mass is 703 g/mol. The molecule has 7 rings (SSSR count). The van der Waals surface area contributed by atoms with Crippen LogP contribution in [0.1, 0.15) is 34.6 Å². The number of benzene rings is 5. The predicted octanol–water partition coefficient (Wildman–Crippen LogP) is 9.33. The van der Waals surface area contributed by atoms with E-state index in [4.69, 9.17) is 19.4 Å². The van der Waals surface area contributed by atoms with Crippen LogP contribution in [-0.2, 0) is 0 Å². The van der Waals surface area contributed by atoms with E-state index in [1.54, 1.807) is 36.4 Å². The van der Waals surface area contributed by atoms with Crippen molar-refractivity contribution in [1.29, 1.82) is 0 Å². The van der Waals surface area contributed by atoms with E-state index in [1.165, 1.54) is 18.2 Å². The smallest absolute Gasteiger partial charge is 0.292 e. The van der Waals surface area contributed by atoms with Crippen LogP contribution in [0.3, 0.4) is 0 Å². The largest absolute Gasteiger partial charge is 0.494 e. The van der Waals surface area contributed by atoms with E-state index in [0.717, 1.165) is 16.9 Å². The molecule has 0 spiro atoms.